The number of benzene rings is 3. The maximum atomic E-state index is 12.6. The molecule has 36 heavy (non-hydrogen) atoms. The summed E-state index contributed by atoms with van der Waals surface area (Å²) in [5.74, 6) is 0.477. The van der Waals surface area contributed by atoms with Crippen LogP contribution in [0.1, 0.15) is 17.0 Å². The number of methoxy groups -OCH3 is 1. The summed E-state index contributed by atoms with van der Waals surface area (Å²) in [5.41, 5.74) is 4.02. The van der Waals surface area contributed by atoms with Gasteiger partial charge in [-0.05, 0) is 65.7 Å². The number of aromatic nitrogens is 2. The van der Waals surface area contributed by atoms with Gasteiger partial charge in [-0.1, -0.05) is 37.9 Å². The van der Waals surface area contributed by atoms with Crippen LogP contribution >= 0.6 is 31.9 Å². The first-order valence-electron chi connectivity index (χ1n) is 11.3. The highest BCUT2D eigenvalue weighted by atomic mass is 79.9. The zero-order valence-electron chi connectivity index (χ0n) is 20.0. The molecule has 0 spiro atoms. The number of esters is 1. The molecule has 3 aromatic carbocycles. The number of fused-ring (bicyclic) bond motifs is 3. The maximum absolute atomic E-state index is 12.6. The van der Waals surface area contributed by atoms with Gasteiger partial charge in [-0.3, -0.25) is 4.79 Å². The van der Waals surface area contributed by atoms with Crippen molar-refractivity contribution in [3.8, 4) is 11.5 Å². The molecule has 0 aliphatic carbocycles. The van der Waals surface area contributed by atoms with Gasteiger partial charge in [0.25, 0.3) is 0 Å². The Balaban J connectivity index is 0.000000202. The summed E-state index contributed by atoms with van der Waals surface area (Å²) in [5, 5.41) is 2.28. The fourth-order valence-electron chi connectivity index (χ4n) is 4.53. The van der Waals surface area contributed by atoms with E-state index < -0.39 is 5.92 Å². The molecule has 184 valence electrons. The second-order valence-electron chi connectivity index (χ2n) is 8.56. The molecular weight excluding hydrogens is 588 g/mol. The van der Waals surface area contributed by atoms with Gasteiger partial charge in [-0.25, -0.2) is 0 Å². The van der Waals surface area contributed by atoms with Crippen molar-refractivity contribution in [2.24, 2.45) is 14.1 Å². The molecule has 1 unspecified atom stereocenters. The van der Waals surface area contributed by atoms with Gasteiger partial charge in [-0.2, -0.15) is 0 Å². The Morgan fingerprint density at radius 2 is 1.61 bits per heavy atom. The molecule has 0 N–H and O–H groups in total. The first-order chi connectivity index (χ1) is 17.4. The summed E-state index contributed by atoms with van der Waals surface area (Å²) in [6.45, 7) is 0.197. The van der Waals surface area contributed by atoms with Crippen molar-refractivity contribution < 1.29 is 19.0 Å². The lowest BCUT2D eigenvalue weighted by atomic mass is 9.91. The van der Waals surface area contributed by atoms with Crippen molar-refractivity contribution in [1.82, 2.24) is 9.13 Å². The third-order valence-electron chi connectivity index (χ3n) is 6.31. The summed E-state index contributed by atoms with van der Waals surface area (Å²) in [7, 11) is 5.42. The fraction of sp³-hybridized carbons (Fsp3) is 0.179. The lowest BCUT2D eigenvalue weighted by Crippen LogP contribution is -2.15. The van der Waals surface area contributed by atoms with Crippen LogP contribution in [0, 0.1) is 0 Å². The molecule has 6 rings (SSSR count). The van der Waals surface area contributed by atoms with Crippen molar-refractivity contribution >= 4 is 59.6 Å². The van der Waals surface area contributed by atoms with Crippen LogP contribution in [0.2, 0.25) is 0 Å². The van der Waals surface area contributed by atoms with Crippen molar-refractivity contribution in [3.63, 3.8) is 0 Å². The van der Waals surface area contributed by atoms with Crippen molar-refractivity contribution in [1.29, 1.82) is 0 Å². The van der Waals surface area contributed by atoms with Crippen LogP contribution in [0.3, 0.4) is 0 Å². The van der Waals surface area contributed by atoms with Gasteiger partial charge in [0.2, 0.25) is 6.79 Å². The third kappa shape index (κ3) is 4.63. The molecule has 5 aromatic rings. The van der Waals surface area contributed by atoms with Gasteiger partial charge in [0, 0.05) is 57.2 Å². The van der Waals surface area contributed by atoms with Crippen molar-refractivity contribution in [2.45, 2.75) is 5.92 Å². The molecule has 0 saturated heterocycles. The van der Waals surface area contributed by atoms with E-state index in [0.717, 1.165) is 31.0 Å². The molecule has 0 fully saturated rings. The zero-order valence-corrected chi connectivity index (χ0v) is 23.2. The normalized spacial score (nSPS) is 12.9. The molecule has 1 aliphatic heterocycles. The molecule has 8 heteroatoms. The summed E-state index contributed by atoms with van der Waals surface area (Å²) in [6, 6.07) is 20.0. The zero-order chi connectivity index (χ0) is 25.4. The van der Waals surface area contributed by atoms with Gasteiger partial charge in [0.05, 0.1) is 7.11 Å². The van der Waals surface area contributed by atoms with Gasteiger partial charge in [0.1, 0.15) is 5.92 Å². The van der Waals surface area contributed by atoms with Gasteiger partial charge < -0.3 is 23.3 Å². The second-order valence-corrected chi connectivity index (χ2v) is 10.4. The Kier molecular flexibility index (Phi) is 6.81. The van der Waals surface area contributed by atoms with E-state index >= 15 is 0 Å². The molecule has 0 bridgehead atoms. The maximum Gasteiger partial charge on any atom is 0.317 e. The average molecular weight is 612 g/mol. The molecule has 0 radical (unpaired) electrons. The van der Waals surface area contributed by atoms with Crippen LogP contribution in [0.25, 0.3) is 21.8 Å². The summed E-state index contributed by atoms with van der Waals surface area (Å²) in [4.78, 5) is 12.6. The number of halogens is 2. The van der Waals surface area contributed by atoms with Crippen LogP contribution in [-0.2, 0) is 23.6 Å². The van der Waals surface area contributed by atoms with Crippen molar-refractivity contribution in [3.05, 3.63) is 93.1 Å². The summed E-state index contributed by atoms with van der Waals surface area (Å²) in [6.07, 6.45) is 4.04. The molecule has 6 nitrogen and oxygen atoms in total. The van der Waals surface area contributed by atoms with E-state index in [1.807, 2.05) is 54.2 Å². The highest BCUT2D eigenvalue weighted by Crippen LogP contribution is 2.39. The van der Waals surface area contributed by atoms with E-state index in [4.69, 9.17) is 14.2 Å². The van der Waals surface area contributed by atoms with E-state index in [2.05, 4.69) is 73.9 Å². The number of rotatable bonds is 3. The highest BCUT2D eigenvalue weighted by molar-refractivity contribution is 9.10. The minimum atomic E-state index is -0.544. The molecule has 1 aliphatic rings. The number of hydrogen-bond acceptors (Lipinski definition) is 4. The quantitative estimate of drug-likeness (QED) is 0.208. The fourth-order valence-corrected chi connectivity index (χ4v) is 5.27. The monoisotopic (exact) mass is 610 g/mol. The number of carbonyl (C=O) groups excluding carboxylic acids is 1. The van der Waals surface area contributed by atoms with Crippen LogP contribution in [0.5, 0.6) is 11.5 Å². The summed E-state index contributed by atoms with van der Waals surface area (Å²) < 4.78 is 22.1. The number of aryl methyl sites for hydroxylation is 2. The van der Waals surface area contributed by atoms with E-state index in [0.29, 0.717) is 11.5 Å². The predicted molar refractivity (Wildman–Crippen MR) is 148 cm³/mol. The average Bonchev–Trinajstić information content (AvgIpc) is 3.57. The van der Waals surface area contributed by atoms with Crippen molar-refractivity contribution in [2.75, 3.05) is 13.9 Å². The van der Waals surface area contributed by atoms with E-state index in [9.17, 15) is 4.79 Å². The topological polar surface area (TPSA) is 54.6 Å². The Morgan fingerprint density at radius 3 is 2.39 bits per heavy atom. The molecule has 3 heterocycles. The second kappa shape index (κ2) is 10.0. The number of carbonyl (C=O) groups is 1. The Hall–Kier alpha value is -3.23. The minimum Gasteiger partial charge on any atom is -0.468 e. The van der Waals surface area contributed by atoms with Crippen LogP contribution in [0.4, 0.5) is 0 Å². The lowest BCUT2D eigenvalue weighted by Gasteiger charge is -2.15. The first-order valence-corrected chi connectivity index (χ1v) is 12.9. The highest BCUT2D eigenvalue weighted by Gasteiger charge is 2.29. The van der Waals surface area contributed by atoms with E-state index in [-0.39, 0.29) is 12.8 Å². The number of nitrogens with zero attached hydrogens (tertiary/aromatic N) is 2. The Morgan fingerprint density at radius 1 is 0.889 bits per heavy atom. The largest absolute Gasteiger partial charge is 0.468 e. The van der Waals surface area contributed by atoms with Crippen LogP contribution in [0.15, 0.2) is 82.0 Å². The molecular formula is C28H24Br2N2O4. The summed E-state index contributed by atoms with van der Waals surface area (Å²) >= 11 is 6.95. The molecule has 0 amide bonds. The standard InChI is InChI=1S/C19H16BrNO4.C9H8BrN/c1-21-9-14(13-8-12(20)4-5-15(13)21)18(19(22)23-2)11-3-6-16-17(7-11)25-10-24-16;1-11-5-4-7-6-8(10)2-3-9(7)11/h3-9,18H,10H2,1-2H3;2-6H,1H3. The van der Waals surface area contributed by atoms with Gasteiger partial charge >= 0.3 is 5.97 Å². The smallest absolute Gasteiger partial charge is 0.317 e. The van der Waals surface area contributed by atoms with Gasteiger partial charge in [0.15, 0.2) is 11.5 Å². The third-order valence-corrected chi connectivity index (χ3v) is 7.29. The Labute approximate surface area is 225 Å². The molecule has 2 aromatic heterocycles. The van der Waals surface area contributed by atoms with E-state index in [1.54, 1.807) is 0 Å². The SMILES string of the molecule is COC(=O)C(c1ccc2c(c1)OCO2)c1cn(C)c2ccc(Br)cc12.Cn1ccc2cc(Br)ccc21. The van der Waals surface area contributed by atoms with Gasteiger partial charge in [-0.15, -0.1) is 0 Å². The lowest BCUT2D eigenvalue weighted by molar-refractivity contribution is -0.141. The predicted octanol–water partition coefficient (Wildman–Crippen LogP) is 6.92. The Bertz CT molecular complexity index is 1590. The van der Waals surface area contributed by atoms with Crippen LogP contribution < -0.4 is 9.47 Å². The van der Waals surface area contributed by atoms with E-state index in [1.165, 1.54) is 18.0 Å². The molecule has 0 saturated carbocycles. The molecule has 1 atom stereocenters. The minimum absolute atomic E-state index is 0.197. The van der Waals surface area contributed by atoms with Crippen LogP contribution in [-0.4, -0.2) is 29.0 Å². The number of ether oxygens (including phenoxy) is 3. The number of hydrogen-bond donors (Lipinski definition) is 0. The first kappa shape index (κ1) is 24.5.